The molecule has 0 saturated heterocycles. The van der Waals surface area contributed by atoms with Crippen LogP contribution in [0.2, 0.25) is 0 Å². The highest BCUT2D eigenvalue weighted by atomic mass is 79.9. The second-order valence-corrected chi connectivity index (χ2v) is 2.50. The summed E-state index contributed by atoms with van der Waals surface area (Å²) < 4.78 is 5.40. The van der Waals surface area contributed by atoms with Crippen molar-refractivity contribution < 1.29 is 14.3 Å². The molecule has 0 atom stereocenters. The number of nitrogens with one attached hydrogen (secondary N) is 1. The summed E-state index contributed by atoms with van der Waals surface area (Å²) in [5.74, 6) is 0.333. The molecule has 2 N–H and O–H groups in total. The molecule has 11 heavy (non-hydrogen) atoms. The maximum atomic E-state index is 9.99. The second kappa shape index (κ2) is 3.38. The molecular weight excluding hydrogens is 216 g/mol. The lowest BCUT2D eigenvalue weighted by molar-refractivity contribution is 0.192. The molecule has 0 aromatic carbocycles. The number of amides is 1. The average molecular weight is 221 g/mol. The van der Waals surface area contributed by atoms with Crippen LogP contribution in [0.4, 0.5) is 4.79 Å². The van der Waals surface area contributed by atoms with Crippen molar-refractivity contribution in [1.29, 1.82) is 0 Å². The second-order valence-electron chi connectivity index (χ2n) is 1.72. The van der Waals surface area contributed by atoms with Crippen LogP contribution in [0.15, 0.2) is 15.3 Å². The van der Waals surface area contributed by atoms with Gasteiger partial charge in [0, 0.05) is 0 Å². The lowest BCUT2D eigenvalue weighted by Crippen LogP contribution is -2.19. The highest BCUT2D eigenvalue weighted by Crippen LogP contribution is 2.09. The Balaban J connectivity index is 2.45. The van der Waals surface area contributed by atoms with Gasteiger partial charge in [0.15, 0.2) is 4.67 Å². The molecule has 0 aliphatic heterocycles. The van der Waals surface area contributed by atoms with E-state index >= 15 is 0 Å². The van der Waals surface area contributed by atoms with Gasteiger partial charge in [-0.1, -0.05) is 0 Å². The summed E-state index contributed by atoms with van der Waals surface area (Å²) in [6, 6.07) is 0. The van der Waals surface area contributed by atoms with Crippen LogP contribution in [-0.2, 0) is 6.54 Å². The molecule has 1 aromatic heterocycles. The van der Waals surface area contributed by atoms with Crippen LogP contribution >= 0.6 is 15.9 Å². The third-order valence-corrected chi connectivity index (χ3v) is 1.28. The number of carbonyl (C=O) groups is 1. The molecule has 60 valence electrons. The molecule has 6 heteroatoms. The number of rotatable bonds is 2. The molecule has 5 nitrogen and oxygen atoms in total. The summed E-state index contributed by atoms with van der Waals surface area (Å²) in [4.78, 5) is 13.7. The van der Waals surface area contributed by atoms with Gasteiger partial charge in [0.25, 0.3) is 0 Å². The Morgan fingerprint density at radius 3 is 3.09 bits per heavy atom. The minimum Gasteiger partial charge on any atom is -0.465 e. The van der Waals surface area contributed by atoms with Crippen molar-refractivity contribution >= 4 is 22.0 Å². The standard InChI is InChI=1S/C5H5BrN2O3/c6-3-1-7-4(11-3)2-8-5(9)10/h1,8H,2H2,(H,9,10). The fourth-order valence-electron chi connectivity index (χ4n) is 0.521. The zero-order chi connectivity index (χ0) is 8.27. The first-order chi connectivity index (χ1) is 5.18. The van der Waals surface area contributed by atoms with Crippen LogP contribution in [-0.4, -0.2) is 16.2 Å². The summed E-state index contributed by atoms with van der Waals surface area (Å²) in [5.41, 5.74) is 0. The summed E-state index contributed by atoms with van der Waals surface area (Å²) >= 11 is 3.03. The summed E-state index contributed by atoms with van der Waals surface area (Å²) in [6.07, 6.45) is 0.359. The maximum Gasteiger partial charge on any atom is 0.405 e. The van der Waals surface area contributed by atoms with Crippen molar-refractivity contribution in [3.05, 3.63) is 16.8 Å². The SMILES string of the molecule is O=C(O)NCc1ncc(Br)o1. The molecule has 0 fully saturated rings. The minimum absolute atomic E-state index is 0.0843. The fraction of sp³-hybridized carbons (Fsp3) is 0.200. The Morgan fingerprint density at radius 1 is 1.91 bits per heavy atom. The van der Waals surface area contributed by atoms with Crippen LogP contribution in [0, 0.1) is 0 Å². The van der Waals surface area contributed by atoms with Crippen molar-refractivity contribution in [2.75, 3.05) is 0 Å². The highest BCUT2D eigenvalue weighted by Gasteiger charge is 2.01. The number of carboxylic acid groups (broad SMARTS) is 1. The van der Waals surface area contributed by atoms with Gasteiger partial charge in [-0.2, -0.15) is 0 Å². The number of hydrogen-bond acceptors (Lipinski definition) is 3. The van der Waals surface area contributed by atoms with Gasteiger partial charge in [-0.15, -0.1) is 0 Å². The predicted octanol–water partition coefficient (Wildman–Crippen LogP) is 1.20. The molecular formula is C5H5BrN2O3. The summed E-state index contributed by atoms with van der Waals surface area (Å²) in [7, 11) is 0. The van der Waals surface area contributed by atoms with E-state index in [1.54, 1.807) is 0 Å². The van der Waals surface area contributed by atoms with E-state index < -0.39 is 6.09 Å². The lowest BCUT2D eigenvalue weighted by atomic mass is 10.6. The molecule has 1 amide bonds. The normalized spacial score (nSPS) is 9.55. The summed E-state index contributed by atoms with van der Waals surface area (Å²) in [5, 5.41) is 10.3. The van der Waals surface area contributed by atoms with Gasteiger partial charge in [0.1, 0.15) is 0 Å². The van der Waals surface area contributed by atoms with Crippen molar-refractivity contribution in [1.82, 2.24) is 10.3 Å². The lowest BCUT2D eigenvalue weighted by Gasteiger charge is -1.93. The van der Waals surface area contributed by atoms with Gasteiger partial charge < -0.3 is 14.8 Å². The van der Waals surface area contributed by atoms with Crippen LogP contribution in [0.3, 0.4) is 0 Å². The fourth-order valence-corrected chi connectivity index (χ4v) is 0.810. The van der Waals surface area contributed by atoms with Crippen molar-refractivity contribution in [3.8, 4) is 0 Å². The third-order valence-electron chi connectivity index (χ3n) is 0.916. The van der Waals surface area contributed by atoms with Gasteiger partial charge >= 0.3 is 6.09 Å². The molecule has 1 rings (SSSR count). The average Bonchev–Trinajstić information content (AvgIpc) is 2.31. The molecule has 0 saturated carbocycles. The maximum absolute atomic E-state index is 9.99. The van der Waals surface area contributed by atoms with E-state index in [9.17, 15) is 4.79 Å². The predicted molar refractivity (Wildman–Crippen MR) is 39.1 cm³/mol. The van der Waals surface area contributed by atoms with E-state index in [0.29, 0.717) is 10.6 Å². The largest absolute Gasteiger partial charge is 0.465 e. The third kappa shape index (κ3) is 2.58. The minimum atomic E-state index is -1.10. The van der Waals surface area contributed by atoms with Gasteiger partial charge in [-0.25, -0.2) is 9.78 Å². The molecule has 1 heterocycles. The van der Waals surface area contributed by atoms with E-state index in [0.717, 1.165) is 0 Å². The smallest absolute Gasteiger partial charge is 0.405 e. The van der Waals surface area contributed by atoms with E-state index in [1.165, 1.54) is 6.20 Å². The van der Waals surface area contributed by atoms with E-state index in [4.69, 9.17) is 9.52 Å². The molecule has 0 unspecified atom stereocenters. The van der Waals surface area contributed by atoms with Crippen LogP contribution in [0.25, 0.3) is 0 Å². The van der Waals surface area contributed by atoms with E-state index in [2.05, 4.69) is 26.2 Å². The Labute approximate surface area is 70.5 Å². The van der Waals surface area contributed by atoms with Crippen molar-refractivity contribution in [3.63, 3.8) is 0 Å². The number of hydrogen-bond donors (Lipinski definition) is 2. The molecule has 0 radical (unpaired) electrons. The highest BCUT2D eigenvalue weighted by molar-refractivity contribution is 9.10. The van der Waals surface area contributed by atoms with Crippen molar-refractivity contribution in [2.24, 2.45) is 0 Å². The Kier molecular flexibility index (Phi) is 2.48. The van der Waals surface area contributed by atoms with Crippen LogP contribution in [0.1, 0.15) is 5.89 Å². The Hall–Kier alpha value is -1.04. The number of halogens is 1. The molecule has 1 aromatic rings. The topological polar surface area (TPSA) is 75.4 Å². The first-order valence-electron chi connectivity index (χ1n) is 2.75. The molecule has 0 bridgehead atoms. The quantitative estimate of drug-likeness (QED) is 0.786. The van der Waals surface area contributed by atoms with Gasteiger partial charge in [0.05, 0.1) is 12.7 Å². The zero-order valence-corrected chi connectivity index (χ0v) is 6.96. The summed E-state index contributed by atoms with van der Waals surface area (Å²) in [6.45, 7) is 0.0843. The monoisotopic (exact) mass is 220 g/mol. The van der Waals surface area contributed by atoms with E-state index in [1.807, 2.05) is 0 Å². The van der Waals surface area contributed by atoms with Crippen LogP contribution in [0.5, 0.6) is 0 Å². The Bertz CT molecular complexity index is 260. The van der Waals surface area contributed by atoms with Gasteiger partial charge in [-0.05, 0) is 15.9 Å². The first-order valence-corrected chi connectivity index (χ1v) is 3.55. The molecule has 0 aliphatic carbocycles. The van der Waals surface area contributed by atoms with Gasteiger partial charge in [0.2, 0.25) is 5.89 Å². The number of nitrogens with zero attached hydrogens (tertiary/aromatic N) is 1. The van der Waals surface area contributed by atoms with Crippen molar-refractivity contribution in [2.45, 2.75) is 6.54 Å². The Morgan fingerprint density at radius 2 is 2.64 bits per heavy atom. The molecule has 0 aliphatic rings. The van der Waals surface area contributed by atoms with E-state index in [-0.39, 0.29) is 6.54 Å². The first kappa shape index (κ1) is 8.06. The van der Waals surface area contributed by atoms with Crippen LogP contribution < -0.4 is 5.32 Å². The van der Waals surface area contributed by atoms with Gasteiger partial charge in [-0.3, -0.25) is 0 Å². The number of oxazole rings is 1. The zero-order valence-electron chi connectivity index (χ0n) is 5.37. The molecule has 0 spiro atoms. The number of aromatic nitrogens is 1.